The van der Waals surface area contributed by atoms with Gasteiger partial charge in [-0.25, -0.2) is 5.43 Å². The van der Waals surface area contributed by atoms with Crippen molar-refractivity contribution >= 4 is 23.2 Å². The van der Waals surface area contributed by atoms with Crippen LogP contribution in [0.25, 0.3) is 0 Å². The van der Waals surface area contributed by atoms with E-state index >= 15 is 0 Å². The molecule has 0 aliphatic carbocycles. The van der Waals surface area contributed by atoms with Gasteiger partial charge in [-0.1, -0.05) is 23.2 Å². The van der Waals surface area contributed by atoms with Crippen LogP contribution in [-0.2, 0) is 6.42 Å². The number of hydrogen-bond acceptors (Lipinski definition) is 3. The van der Waals surface area contributed by atoms with Crippen molar-refractivity contribution in [1.29, 1.82) is 0 Å². The summed E-state index contributed by atoms with van der Waals surface area (Å²) in [7, 11) is 0. The molecule has 2 aromatic rings. The van der Waals surface area contributed by atoms with Gasteiger partial charge in [0.1, 0.15) is 5.76 Å². The molecule has 1 unspecified atom stereocenters. The molecule has 3 nitrogen and oxygen atoms in total. The van der Waals surface area contributed by atoms with Gasteiger partial charge >= 0.3 is 0 Å². The second-order valence-electron chi connectivity index (χ2n) is 3.67. The molecular formula is C12H12Cl2N2O. The monoisotopic (exact) mass is 270 g/mol. The van der Waals surface area contributed by atoms with Gasteiger partial charge in [0.15, 0.2) is 0 Å². The van der Waals surface area contributed by atoms with E-state index in [9.17, 15) is 0 Å². The Morgan fingerprint density at radius 1 is 1.29 bits per heavy atom. The minimum absolute atomic E-state index is 0.124. The maximum Gasteiger partial charge on any atom is 0.122 e. The molecule has 0 spiro atoms. The van der Waals surface area contributed by atoms with Gasteiger partial charge in [-0.05, 0) is 42.3 Å². The first-order valence-electron chi connectivity index (χ1n) is 5.14. The first-order valence-corrected chi connectivity index (χ1v) is 5.89. The number of nitrogens with two attached hydrogens (primary N) is 1. The van der Waals surface area contributed by atoms with E-state index in [1.165, 1.54) is 0 Å². The lowest BCUT2D eigenvalue weighted by Gasteiger charge is -2.14. The third-order valence-electron chi connectivity index (χ3n) is 2.52. The number of hydrogen-bond donors (Lipinski definition) is 2. The number of nitrogens with one attached hydrogen (secondary N) is 1. The Kier molecular flexibility index (Phi) is 4.07. The summed E-state index contributed by atoms with van der Waals surface area (Å²) in [6.07, 6.45) is 2.22. The highest BCUT2D eigenvalue weighted by molar-refractivity contribution is 6.33. The Bertz CT molecular complexity index is 485. The van der Waals surface area contributed by atoms with Gasteiger partial charge in [0.2, 0.25) is 0 Å². The number of halogens is 2. The molecule has 0 saturated carbocycles. The highest BCUT2D eigenvalue weighted by Gasteiger charge is 2.15. The molecule has 1 atom stereocenters. The first kappa shape index (κ1) is 12.5. The Hall–Kier alpha value is -1.00. The predicted octanol–water partition coefficient (Wildman–Crippen LogP) is 3.33. The summed E-state index contributed by atoms with van der Waals surface area (Å²) in [5.41, 5.74) is 3.63. The van der Waals surface area contributed by atoms with Crippen LogP contribution in [0.1, 0.15) is 17.4 Å². The Morgan fingerprint density at radius 2 is 2.12 bits per heavy atom. The summed E-state index contributed by atoms with van der Waals surface area (Å²) >= 11 is 12.0. The molecule has 0 aliphatic rings. The van der Waals surface area contributed by atoms with Crippen LogP contribution in [0.4, 0.5) is 0 Å². The molecule has 90 valence electrons. The van der Waals surface area contributed by atoms with Crippen LogP contribution in [0.2, 0.25) is 10.0 Å². The van der Waals surface area contributed by atoms with Crippen LogP contribution in [0.3, 0.4) is 0 Å². The molecule has 5 heteroatoms. The first-order chi connectivity index (χ1) is 8.20. The fourth-order valence-electron chi connectivity index (χ4n) is 1.65. The van der Waals surface area contributed by atoms with Crippen LogP contribution in [0.15, 0.2) is 41.0 Å². The van der Waals surface area contributed by atoms with E-state index in [2.05, 4.69) is 5.43 Å². The summed E-state index contributed by atoms with van der Waals surface area (Å²) in [6, 6.07) is 8.92. The zero-order chi connectivity index (χ0) is 12.3. The van der Waals surface area contributed by atoms with Crippen LogP contribution in [0, 0.1) is 0 Å². The zero-order valence-electron chi connectivity index (χ0n) is 8.99. The molecule has 0 bridgehead atoms. The molecule has 3 N–H and O–H groups in total. The van der Waals surface area contributed by atoms with Gasteiger partial charge in [0, 0.05) is 10.0 Å². The minimum atomic E-state index is -0.124. The molecule has 0 amide bonds. The lowest BCUT2D eigenvalue weighted by molar-refractivity contribution is 0.416. The molecule has 0 saturated heterocycles. The van der Waals surface area contributed by atoms with Crippen molar-refractivity contribution in [2.75, 3.05) is 0 Å². The molecule has 0 radical (unpaired) electrons. The second-order valence-corrected chi connectivity index (χ2v) is 4.52. The smallest absolute Gasteiger partial charge is 0.122 e. The average Bonchev–Trinajstić information content (AvgIpc) is 2.84. The number of benzene rings is 1. The van der Waals surface area contributed by atoms with Crippen LogP contribution in [0.5, 0.6) is 0 Å². The van der Waals surface area contributed by atoms with E-state index in [4.69, 9.17) is 33.5 Å². The number of rotatable bonds is 4. The van der Waals surface area contributed by atoms with E-state index in [0.29, 0.717) is 16.5 Å². The van der Waals surface area contributed by atoms with E-state index in [1.54, 1.807) is 18.4 Å². The van der Waals surface area contributed by atoms with Crippen molar-refractivity contribution in [3.63, 3.8) is 0 Å². The highest BCUT2D eigenvalue weighted by Crippen LogP contribution is 2.26. The molecule has 0 fully saturated rings. The van der Waals surface area contributed by atoms with E-state index in [0.717, 1.165) is 11.3 Å². The van der Waals surface area contributed by atoms with Crippen molar-refractivity contribution in [3.05, 3.63) is 58.0 Å². The largest absolute Gasteiger partial charge is 0.468 e. The van der Waals surface area contributed by atoms with Crippen molar-refractivity contribution in [1.82, 2.24) is 5.43 Å². The summed E-state index contributed by atoms with van der Waals surface area (Å²) < 4.78 is 5.31. The molecular weight excluding hydrogens is 259 g/mol. The van der Waals surface area contributed by atoms with Crippen molar-refractivity contribution < 1.29 is 4.42 Å². The molecule has 0 aliphatic heterocycles. The fraction of sp³-hybridized carbons (Fsp3) is 0.167. The second kappa shape index (κ2) is 5.56. The van der Waals surface area contributed by atoms with Gasteiger partial charge in [-0.2, -0.15) is 0 Å². The Balaban J connectivity index is 2.21. The molecule has 1 aromatic carbocycles. The average molecular weight is 271 g/mol. The Labute approximate surface area is 109 Å². The van der Waals surface area contributed by atoms with Gasteiger partial charge in [-0.3, -0.25) is 5.84 Å². The molecule has 1 aromatic heterocycles. The van der Waals surface area contributed by atoms with Gasteiger partial charge in [0.25, 0.3) is 0 Å². The minimum Gasteiger partial charge on any atom is -0.468 e. The lowest BCUT2D eigenvalue weighted by atomic mass is 10.0. The number of hydrazine groups is 1. The quantitative estimate of drug-likeness (QED) is 0.662. The topological polar surface area (TPSA) is 51.2 Å². The number of furan rings is 1. The lowest BCUT2D eigenvalue weighted by Crippen LogP contribution is -2.29. The van der Waals surface area contributed by atoms with E-state index in [-0.39, 0.29) is 6.04 Å². The van der Waals surface area contributed by atoms with Crippen molar-refractivity contribution in [3.8, 4) is 0 Å². The van der Waals surface area contributed by atoms with E-state index < -0.39 is 0 Å². The SMILES string of the molecule is NNC(Cc1cc(Cl)ccc1Cl)c1ccco1. The van der Waals surface area contributed by atoms with Gasteiger partial charge in [-0.15, -0.1) is 0 Å². The third kappa shape index (κ3) is 3.01. The zero-order valence-corrected chi connectivity index (χ0v) is 10.5. The standard InChI is InChI=1S/C12H12Cl2N2O/c13-9-3-4-10(14)8(6-9)7-11(16-15)12-2-1-5-17-12/h1-6,11,16H,7,15H2. The highest BCUT2D eigenvalue weighted by atomic mass is 35.5. The predicted molar refractivity (Wildman–Crippen MR) is 68.9 cm³/mol. The van der Waals surface area contributed by atoms with Crippen LogP contribution in [-0.4, -0.2) is 0 Å². The van der Waals surface area contributed by atoms with Gasteiger partial charge in [0.05, 0.1) is 12.3 Å². The summed E-state index contributed by atoms with van der Waals surface area (Å²) in [5.74, 6) is 6.28. The van der Waals surface area contributed by atoms with Crippen molar-refractivity contribution in [2.45, 2.75) is 12.5 Å². The van der Waals surface area contributed by atoms with E-state index in [1.807, 2.05) is 18.2 Å². The third-order valence-corrected chi connectivity index (χ3v) is 3.12. The molecule has 1 heterocycles. The van der Waals surface area contributed by atoms with Crippen molar-refractivity contribution in [2.24, 2.45) is 5.84 Å². The maximum atomic E-state index is 6.10. The normalized spacial score (nSPS) is 12.6. The molecule has 2 rings (SSSR count). The summed E-state index contributed by atoms with van der Waals surface area (Å²) in [6.45, 7) is 0. The molecule has 17 heavy (non-hydrogen) atoms. The van der Waals surface area contributed by atoms with Crippen LogP contribution >= 0.6 is 23.2 Å². The maximum absolute atomic E-state index is 6.10. The Morgan fingerprint density at radius 3 is 2.76 bits per heavy atom. The van der Waals surface area contributed by atoms with Crippen LogP contribution < -0.4 is 11.3 Å². The fourth-order valence-corrected chi connectivity index (χ4v) is 2.04. The summed E-state index contributed by atoms with van der Waals surface area (Å²) in [4.78, 5) is 0. The summed E-state index contributed by atoms with van der Waals surface area (Å²) in [5, 5.41) is 1.32. The van der Waals surface area contributed by atoms with Gasteiger partial charge < -0.3 is 4.42 Å².